The van der Waals surface area contributed by atoms with Crippen LogP contribution in [0.15, 0.2) is 59.2 Å². The molecule has 0 aliphatic heterocycles. The first-order valence-corrected chi connectivity index (χ1v) is 9.01. The number of benzene rings is 2. The summed E-state index contributed by atoms with van der Waals surface area (Å²) in [5.41, 5.74) is 3.61. The lowest BCUT2D eigenvalue weighted by Gasteiger charge is -2.14. The topological polar surface area (TPSA) is 55.0 Å². The molecule has 0 amide bonds. The summed E-state index contributed by atoms with van der Waals surface area (Å²) in [6, 6.07) is 13.5. The number of hydrogen-bond acceptors (Lipinski definition) is 3. The summed E-state index contributed by atoms with van der Waals surface area (Å²) in [4.78, 5) is 18.9. The molecule has 4 aromatic rings. The molecule has 2 aromatic heterocycles. The SMILES string of the molecule is Cc1cc(-c2cc(C=O)ccc2Oc2ccc(Br)cc2F)c2cc[nH]c2n1. The van der Waals surface area contributed by atoms with Crippen molar-refractivity contribution in [3.05, 3.63) is 76.3 Å². The third-order valence-electron chi connectivity index (χ3n) is 4.20. The maximum Gasteiger partial charge on any atom is 0.166 e. The number of aromatic amines is 1. The van der Waals surface area contributed by atoms with Crippen molar-refractivity contribution in [2.24, 2.45) is 0 Å². The number of carbonyl (C=O) groups excluding carboxylic acids is 1. The van der Waals surface area contributed by atoms with Gasteiger partial charge >= 0.3 is 0 Å². The van der Waals surface area contributed by atoms with Gasteiger partial charge < -0.3 is 9.72 Å². The minimum absolute atomic E-state index is 0.106. The number of hydrogen-bond donors (Lipinski definition) is 1. The first kappa shape index (κ1) is 17.4. The van der Waals surface area contributed by atoms with Gasteiger partial charge in [0, 0.05) is 32.9 Å². The Bertz CT molecular complexity index is 1170. The van der Waals surface area contributed by atoms with Gasteiger partial charge in [0.05, 0.1) is 0 Å². The maximum absolute atomic E-state index is 14.3. The maximum atomic E-state index is 14.3. The molecule has 2 aromatic carbocycles. The predicted octanol–water partition coefficient (Wildman–Crippen LogP) is 6.04. The largest absolute Gasteiger partial charge is 0.454 e. The number of nitrogens with one attached hydrogen (secondary N) is 1. The normalized spacial score (nSPS) is 10.9. The number of aromatic nitrogens is 2. The van der Waals surface area contributed by atoms with Crippen molar-refractivity contribution in [1.82, 2.24) is 9.97 Å². The smallest absolute Gasteiger partial charge is 0.166 e. The highest BCUT2D eigenvalue weighted by Gasteiger charge is 2.15. The van der Waals surface area contributed by atoms with Gasteiger partial charge in [-0.3, -0.25) is 4.79 Å². The number of aryl methyl sites for hydroxylation is 1. The zero-order valence-electron chi connectivity index (χ0n) is 14.3. The fourth-order valence-corrected chi connectivity index (χ4v) is 3.32. The fraction of sp³-hybridized carbons (Fsp3) is 0.0476. The van der Waals surface area contributed by atoms with Crippen molar-refractivity contribution in [1.29, 1.82) is 0 Å². The number of carbonyl (C=O) groups is 1. The molecule has 27 heavy (non-hydrogen) atoms. The summed E-state index contributed by atoms with van der Waals surface area (Å²) in [6.45, 7) is 1.89. The van der Waals surface area contributed by atoms with Gasteiger partial charge in [-0.05, 0) is 61.0 Å². The van der Waals surface area contributed by atoms with E-state index in [-0.39, 0.29) is 5.75 Å². The zero-order chi connectivity index (χ0) is 19.0. The Labute approximate surface area is 163 Å². The van der Waals surface area contributed by atoms with Crippen LogP contribution in [0.2, 0.25) is 0 Å². The van der Waals surface area contributed by atoms with E-state index in [4.69, 9.17) is 4.74 Å². The van der Waals surface area contributed by atoms with Crippen LogP contribution in [0.3, 0.4) is 0 Å². The lowest BCUT2D eigenvalue weighted by molar-refractivity contribution is 0.112. The van der Waals surface area contributed by atoms with Crippen molar-refractivity contribution in [2.45, 2.75) is 6.92 Å². The summed E-state index contributed by atoms with van der Waals surface area (Å²) in [6.07, 6.45) is 2.58. The van der Waals surface area contributed by atoms with E-state index in [0.717, 1.165) is 28.6 Å². The van der Waals surface area contributed by atoms with Gasteiger partial charge in [0.1, 0.15) is 17.7 Å². The molecule has 2 heterocycles. The van der Waals surface area contributed by atoms with Crippen LogP contribution in [-0.2, 0) is 0 Å². The van der Waals surface area contributed by atoms with Gasteiger partial charge in [-0.25, -0.2) is 9.37 Å². The molecule has 0 spiro atoms. The van der Waals surface area contributed by atoms with E-state index in [9.17, 15) is 9.18 Å². The fourth-order valence-electron chi connectivity index (χ4n) is 2.99. The number of H-pyrrole nitrogens is 1. The van der Waals surface area contributed by atoms with Crippen molar-refractivity contribution >= 4 is 33.2 Å². The molecule has 4 rings (SSSR count). The second kappa shape index (κ2) is 6.96. The lowest BCUT2D eigenvalue weighted by Crippen LogP contribution is -1.94. The van der Waals surface area contributed by atoms with Gasteiger partial charge in [0.15, 0.2) is 11.6 Å². The Hall–Kier alpha value is -2.99. The summed E-state index contributed by atoms with van der Waals surface area (Å²) < 4.78 is 20.8. The number of aldehydes is 1. The predicted molar refractivity (Wildman–Crippen MR) is 106 cm³/mol. The highest BCUT2D eigenvalue weighted by molar-refractivity contribution is 9.10. The van der Waals surface area contributed by atoms with Crippen LogP contribution in [0, 0.1) is 12.7 Å². The number of pyridine rings is 1. The van der Waals surface area contributed by atoms with E-state index in [1.807, 2.05) is 19.1 Å². The molecule has 6 heteroatoms. The van der Waals surface area contributed by atoms with Crippen molar-refractivity contribution in [3.63, 3.8) is 0 Å². The molecular weight excluding hydrogens is 411 g/mol. The van der Waals surface area contributed by atoms with E-state index in [0.29, 0.717) is 21.3 Å². The highest BCUT2D eigenvalue weighted by Crippen LogP contribution is 2.38. The molecule has 4 nitrogen and oxygen atoms in total. The van der Waals surface area contributed by atoms with Gasteiger partial charge in [0.2, 0.25) is 0 Å². The van der Waals surface area contributed by atoms with Crippen molar-refractivity contribution in [3.8, 4) is 22.6 Å². The third kappa shape index (κ3) is 3.36. The molecule has 0 atom stereocenters. The molecule has 0 unspecified atom stereocenters. The number of halogens is 2. The van der Waals surface area contributed by atoms with Crippen LogP contribution >= 0.6 is 15.9 Å². The Balaban J connectivity index is 1.91. The Morgan fingerprint density at radius 1 is 1.07 bits per heavy atom. The second-order valence-electron chi connectivity index (χ2n) is 6.10. The van der Waals surface area contributed by atoms with E-state index < -0.39 is 5.82 Å². The van der Waals surface area contributed by atoms with Gasteiger partial charge in [0.25, 0.3) is 0 Å². The molecule has 0 aliphatic carbocycles. The van der Waals surface area contributed by atoms with Gasteiger partial charge in [-0.15, -0.1) is 0 Å². The average molecular weight is 425 g/mol. The van der Waals surface area contributed by atoms with Crippen molar-refractivity contribution in [2.75, 3.05) is 0 Å². The first-order valence-electron chi connectivity index (χ1n) is 8.22. The van der Waals surface area contributed by atoms with Gasteiger partial charge in [-0.1, -0.05) is 15.9 Å². The average Bonchev–Trinajstić information content (AvgIpc) is 3.12. The van der Waals surface area contributed by atoms with Crippen LogP contribution in [0.1, 0.15) is 16.1 Å². The Morgan fingerprint density at radius 3 is 2.67 bits per heavy atom. The van der Waals surface area contributed by atoms with Crippen molar-refractivity contribution < 1.29 is 13.9 Å². The van der Waals surface area contributed by atoms with E-state index >= 15 is 0 Å². The quantitative estimate of drug-likeness (QED) is 0.406. The number of nitrogens with zero attached hydrogens (tertiary/aromatic N) is 1. The number of fused-ring (bicyclic) bond motifs is 1. The summed E-state index contributed by atoms with van der Waals surface area (Å²) in [7, 11) is 0. The van der Waals surface area contributed by atoms with E-state index in [1.54, 1.807) is 36.5 Å². The molecule has 134 valence electrons. The Morgan fingerprint density at radius 2 is 1.89 bits per heavy atom. The molecule has 0 radical (unpaired) electrons. The highest BCUT2D eigenvalue weighted by atomic mass is 79.9. The molecule has 0 aliphatic rings. The van der Waals surface area contributed by atoms with E-state index in [1.165, 1.54) is 6.07 Å². The first-order chi connectivity index (χ1) is 13.0. The standard InChI is InChI=1S/C21H14BrFN2O2/c1-12-8-16(15-6-7-24-21(15)25-12)17-9-13(11-26)2-4-19(17)27-20-5-3-14(22)10-18(20)23/h2-11H,1H3,(H,24,25). The van der Waals surface area contributed by atoms with E-state index in [2.05, 4.69) is 25.9 Å². The van der Waals surface area contributed by atoms with Gasteiger partial charge in [-0.2, -0.15) is 0 Å². The monoisotopic (exact) mass is 424 g/mol. The van der Waals surface area contributed by atoms with Crippen LogP contribution in [-0.4, -0.2) is 16.3 Å². The summed E-state index contributed by atoms with van der Waals surface area (Å²) >= 11 is 3.24. The molecule has 0 saturated carbocycles. The minimum atomic E-state index is -0.479. The Kier molecular flexibility index (Phi) is 4.49. The molecule has 1 N–H and O–H groups in total. The van der Waals surface area contributed by atoms with Crippen LogP contribution in [0.25, 0.3) is 22.2 Å². The summed E-state index contributed by atoms with van der Waals surface area (Å²) in [5, 5.41) is 0.893. The van der Waals surface area contributed by atoms with Crippen LogP contribution < -0.4 is 4.74 Å². The third-order valence-corrected chi connectivity index (χ3v) is 4.69. The zero-order valence-corrected chi connectivity index (χ0v) is 15.9. The van der Waals surface area contributed by atoms with Crippen LogP contribution in [0.4, 0.5) is 4.39 Å². The summed E-state index contributed by atoms with van der Waals surface area (Å²) in [5.74, 6) is 0.0804. The molecule has 0 fully saturated rings. The molecular formula is C21H14BrFN2O2. The number of rotatable bonds is 4. The van der Waals surface area contributed by atoms with Crippen LogP contribution in [0.5, 0.6) is 11.5 Å². The lowest BCUT2D eigenvalue weighted by atomic mass is 9.99. The second-order valence-corrected chi connectivity index (χ2v) is 7.02. The minimum Gasteiger partial charge on any atom is -0.454 e. The molecule has 0 bridgehead atoms. The number of ether oxygens (including phenoxy) is 1. The molecule has 0 saturated heterocycles.